The maximum Gasteiger partial charge on any atom is 0.253 e. The van der Waals surface area contributed by atoms with Crippen molar-refractivity contribution < 1.29 is 17.9 Å². The maximum atomic E-state index is 12.7. The van der Waals surface area contributed by atoms with Gasteiger partial charge in [0.25, 0.3) is 5.91 Å². The monoisotopic (exact) mass is 353 g/mol. The fourth-order valence-corrected chi connectivity index (χ4v) is 4.40. The van der Waals surface area contributed by atoms with Crippen molar-refractivity contribution in [3.63, 3.8) is 0 Å². The minimum absolute atomic E-state index is 0.0522. The van der Waals surface area contributed by atoms with Crippen LogP contribution in [0.25, 0.3) is 0 Å². The molecule has 3 rings (SSSR count). The molecule has 2 saturated heterocycles. The van der Waals surface area contributed by atoms with Crippen molar-refractivity contribution in [2.45, 2.75) is 11.3 Å². The summed E-state index contributed by atoms with van der Waals surface area (Å²) in [6, 6.07) is 6.25. The maximum absolute atomic E-state index is 12.7. The zero-order valence-corrected chi connectivity index (χ0v) is 14.4. The van der Waals surface area contributed by atoms with Crippen molar-refractivity contribution in [1.82, 2.24) is 14.5 Å². The molecular weight excluding hydrogens is 330 g/mol. The quantitative estimate of drug-likeness (QED) is 0.836. The first-order valence-electron chi connectivity index (χ1n) is 8.27. The zero-order valence-electron chi connectivity index (χ0n) is 13.6. The standard InChI is InChI=1S/C16H23N3O4S/c20-16(18-9-6-17-7-10-18)14-2-4-15(5-3-14)24(21,22)19-8-1-12-23-13-11-19/h2-5,17H,1,6-13H2. The Morgan fingerprint density at radius 3 is 2.42 bits per heavy atom. The normalized spacial score (nSPS) is 20.6. The summed E-state index contributed by atoms with van der Waals surface area (Å²) < 4.78 is 32.1. The first-order chi connectivity index (χ1) is 11.6. The molecule has 0 aromatic heterocycles. The number of carbonyl (C=O) groups is 1. The lowest BCUT2D eigenvalue weighted by atomic mass is 10.2. The van der Waals surface area contributed by atoms with Gasteiger partial charge < -0.3 is 15.0 Å². The molecule has 2 aliphatic rings. The summed E-state index contributed by atoms with van der Waals surface area (Å²) in [7, 11) is -3.53. The fraction of sp³-hybridized carbons (Fsp3) is 0.562. The second kappa shape index (κ2) is 7.60. The Morgan fingerprint density at radius 2 is 1.71 bits per heavy atom. The van der Waals surface area contributed by atoms with Crippen molar-refractivity contribution in [3.8, 4) is 0 Å². The number of piperazine rings is 1. The Morgan fingerprint density at radius 1 is 1.00 bits per heavy atom. The topological polar surface area (TPSA) is 79.0 Å². The molecule has 1 aromatic rings. The summed E-state index contributed by atoms with van der Waals surface area (Å²) in [6.07, 6.45) is 0.693. The molecule has 1 N–H and O–H groups in total. The van der Waals surface area contributed by atoms with Gasteiger partial charge in [-0.15, -0.1) is 0 Å². The molecular formula is C16H23N3O4S. The lowest BCUT2D eigenvalue weighted by Crippen LogP contribution is -2.46. The van der Waals surface area contributed by atoms with Gasteiger partial charge in [-0.2, -0.15) is 4.31 Å². The average Bonchev–Trinajstić information content (AvgIpc) is 2.92. The van der Waals surface area contributed by atoms with Crippen LogP contribution in [0.2, 0.25) is 0 Å². The third-order valence-corrected chi connectivity index (χ3v) is 6.24. The molecule has 2 heterocycles. The lowest BCUT2D eigenvalue weighted by molar-refractivity contribution is 0.0735. The van der Waals surface area contributed by atoms with E-state index in [2.05, 4.69) is 5.32 Å². The van der Waals surface area contributed by atoms with Crippen LogP contribution in [-0.2, 0) is 14.8 Å². The zero-order chi connectivity index (χ0) is 17.0. The second-order valence-electron chi connectivity index (χ2n) is 5.94. The van der Waals surface area contributed by atoms with Gasteiger partial charge in [0.05, 0.1) is 11.5 Å². The Kier molecular flexibility index (Phi) is 5.50. The van der Waals surface area contributed by atoms with Crippen molar-refractivity contribution in [2.24, 2.45) is 0 Å². The second-order valence-corrected chi connectivity index (χ2v) is 7.87. The van der Waals surface area contributed by atoms with Gasteiger partial charge in [0.1, 0.15) is 0 Å². The van der Waals surface area contributed by atoms with Gasteiger partial charge in [-0.3, -0.25) is 4.79 Å². The minimum atomic E-state index is -3.53. The molecule has 2 aliphatic heterocycles. The van der Waals surface area contributed by atoms with Crippen LogP contribution >= 0.6 is 0 Å². The van der Waals surface area contributed by atoms with Crippen LogP contribution in [0.1, 0.15) is 16.8 Å². The fourth-order valence-electron chi connectivity index (χ4n) is 2.93. The lowest BCUT2D eigenvalue weighted by Gasteiger charge is -2.27. The van der Waals surface area contributed by atoms with Crippen molar-refractivity contribution in [1.29, 1.82) is 0 Å². The predicted molar refractivity (Wildman–Crippen MR) is 89.4 cm³/mol. The SMILES string of the molecule is O=C(c1ccc(S(=O)(=O)N2CCCOCC2)cc1)N1CCNCC1. The predicted octanol–water partition coefficient (Wildman–Crippen LogP) is 0.143. The summed E-state index contributed by atoms with van der Waals surface area (Å²) in [5.41, 5.74) is 0.523. The van der Waals surface area contributed by atoms with Crippen LogP contribution in [0, 0.1) is 0 Å². The van der Waals surface area contributed by atoms with Gasteiger partial charge in [0.2, 0.25) is 10.0 Å². The molecule has 1 amide bonds. The highest BCUT2D eigenvalue weighted by Crippen LogP contribution is 2.18. The van der Waals surface area contributed by atoms with E-state index in [1.807, 2.05) is 0 Å². The van der Waals surface area contributed by atoms with E-state index in [0.29, 0.717) is 51.4 Å². The first kappa shape index (κ1) is 17.3. The van der Waals surface area contributed by atoms with Crippen molar-refractivity contribution in [3.05, 3.63) is 29.8 Å². The molecule has 0 saturated carbocycles. The van der Waals surface area contributed by atoms with Gasteiger partial charge >= 0.3 is 0 Å². The molecule has 2 fully saturated rings. The highest BCUT2D eigenvalue weighted by molar-refractivity contribution is 7.89. The molecule has 0 bridgehead atoms. The van der Waals surface area contributed by atoms with Crippen LogP contribution in [-0.4, -0.2) is 76.0 Å². The van der Waals surface area contributed by atoms with E-state index in [0.717, 1.165) is 13.1 Å². The number of hydrogen-bond acceptors (Lipinski definition) is 5. The minimum Gasteiger partial charge on any atom is -0.380 e. The average molecular weight is 353 g/mol. The largest absolute Gasteiger partial charge is 0.380 e. The van der Waals surface area contributed by atoms with E-state index in [9.17, 15) is 13.2 Å². The Balaban J connectivity index is 1.74. The third-order valence-electron chi connectivity index (χ3n) is 4.32. The van der Waals surface area contributed by atoms with E-state index in [-0.39, 0.29) is 10.8 Å². The molecule has 8 heteroatoms. The molecule has 0 radical (unpaired) electrons. The number of ether oxygens (including phenoxy) is 1. The first-order valence-corrected chi connectivity index (χ1v) is 9.71. The van der Waals surface area contributed by atoms with Gasteiger partial charge in [0, 0.05) is 51.4 Å². The summed E-state index contributed by atoms with van der Waals surface area (Å²) in [5.74, 6) is -0.0522. The smallest absolute Gasteiger partial charge is 0.253 e. The van der Waals surface area contributed by atoms with Gasteiger partial charge in [0.15, 0.2) is 0 Å². The van der Waals surface area contributed by atoms with Crippen molar-refractivity contribution in [2.75, 3.05) is 52.5 Å². The molecule has 1 aromatic carbocycles. The van der Waals surface area contributed by atoms with Gasteiger partial charge in [-0.05, 0) is 30.7 Å². The Bertz CT molecular complexity index is 661. The Labute approximate surface area is 142 Å². The molecule has 0 atom stereocenters. The van der Waals surface area contributed by atoms with Crippen LogP contribution in [0.4, 0.5) is 0 Å². The molecule has 0 spiro atoms. The molecule has 0 aliphatic carbocycles. The summed E-state index contributed by atoms with van der Waals surface area (Å²) in [6.45, 7) is 4.75. The summed E-state index contributed by atoms with van der Waals surface area (Å²) in [5, 5.41) is 3.20. The van der Waals surface area contributed by atoms with E-state index < -0.39 is 10.0 Å². The number of benzene rings is 1. The van der Waals surface area contributed by atoms with Crippen molar-refractivity contribution >= 4 is 15.9 Å². The number of rotatable bonds is 3. The highest BCUT2D eigenvalue weighted by atomic mass is 32.2. The number of amides is 1. The number of carbonyl (C=O) groups excluding carboxylic acids is 1. The molecule has 7 nitrogen and oxygen atoms in total. The number of nitrogens with one attached hydrogen (secondary N) is 1. The van der Waals surface area contributed by atoms with Crippen LogP contribution in [0.5, 0.6) is 0 Å². The number of hydrogen-bond donors (Lipinski definition) is 1. The molecule has 0 unspecified atom stereocenters. The highest BCUT2D eigenvalue weighted by Gasteiger charge is 2.26. The molecule has 132 valence electrons. The van der Waals surface area contributed by atoms with Crippen LogP contribution in [0.15, 0.2) is 29.2 Å². The Hall–Kier alpha value is -1.48. The van der Waals surface area contributed by atoms with E-state index in [1.165, 1.54) is 16.4 Å². The van der Waals surface area contributed by atoms with Crippen LogP contribution in [0.3, 0.4) is 0 Å². The number of nitrogens with zero attached hydrogens (tertiary/aromatic N) is 2. The summed E-state index contributed by atoms with van der Waals surface area (Å²) >= 11 is 0. The van der Waals surface area contributed by atoms with E-state index >= 15 is 0 Å². The third kappa shape index (κ3) is 3.77. The molecule has 24 heavy (non-hydrogen) atoms. The summed E-state index contributed by atoms with van der Waals surface area (Å²) in [4.78, 5) is 14.4. The number of sulfonamides is 1. The van der Waals surface area contributed by atoms with Gasteiger partial charge in [-0.1, -0.05) is 0 Å². The van der Waals surface area contributed by atoms with Gasteiger partial charge in [-0.25, -0.2) is 8.42 Å². The van der Waals surface area contributed by atoms with Crippen LogP contribution < -0.4 is 5.32 Å². The van der Waals surface area contributed by atoms with E-state index in [4.69, 9.17) is 4.74 Å². The van der Waals surface area contributed by atoms with E-state index in [1.54, 1.807) is 17.0 Å².